The van der Waals surface area contributed by atoms with Crippen LogP contribution in [0.25, 0.3) is 0 Å². The Hall–Kier alpha value is -1.24. The Kier molecular flexibility index (Phi) is 3.57. The van der Waals surface area contributed by atoms with E-state index in [4.69, 9.17) is 10.8 Å². The number of aromatic nitrogens is 1. The van der Waals surface area contributed by atoms with Crippen molar-refractivity contribution in [1.29, 1.82) is 0 Å². The van der Waals surface area contributed by atoms with Crippen molar-refractivity contribution in [3.05, 3.63) is 23.0 Å². The number of nitrogens with zero attached hydrogens (tertiary/aromatic N) is 1. The Morgan fingerprint density at radius 2 is 2.27 bits per heavy atom. The Labute approximate surface area is 92.2 Å². The minimum absolute atomic E-state index is 0.00502. The number of carbonyl (C=O) groups is 1. The van der Waals surface area contributed by atoms with Gasteiger partial charge in [0.2, 0.25) is 0 Å². The molecule has 4 nitrogen and oxygen atoms in total. The van der Waals surface area contributed by atoms with E-state index in [0.717, 1.165) is 6.07 Å². The van der Waals surface area contributed by atoms with Crippen molar-refractivity contribution in [2.45, 2.75) is 11.8 Å². The van der Waals surface area contributed by atoms with Crippen LogP contribution in [0, 0.1) is 0 Å². The van der Waals surface area contributed by atoms with E-state index < -0.39 is 23.8 Å². The van der Waals surface area contributed by atoms with Gasteiger partial charge in [-0.05, 0) is 6.07 Å². The first-order valence-corrected chi connectivity index (χ1v) is 4.96. The van der Waals surface area contributed by atoms with Gasteiger partial charge in [-0.1, -0.05) is 15.9 Å². The molecule has 3 N–H and O–H groups in total. The van der Waals surface area contributed by atoms with E-state index in [1.807, 2.05) is 0 Å². The Bertz CT molecular complexity index is 398. The number of nitrogen functional groups attached to an aromatic ring is 1. The predicted molar refractivity (Wildman–Crippen MR) is 53.2 cm³/mol. The third kappa shape index (κ3) is 2.41. The molecule has 0 aromatic carbocycles. The topological polar surface area (TPSA) is 76.2 Å². The summed E-state index contributed by atoms with van der Waals surface area (Å²) in [5.41, 5.74) is 4.57. The molecular weight excluding hydrogens is 274 g/mol. The zero-order chi connectivity index (χ0) is 11.6. The molecule has 82 valence electrons. The molecule has 0 saturated carbocycles. The molecule has 1 aromatic heterocycles. The summed E-state index contributed by atoms with van der Waals surface area (Å²) >= 11 is 3.02. The second-order valence-corrected chi connectivity index (χ2v) is 3.26. The highest BCUT2D eigenvalue weighted by atomic mass is 79.9. The molecule has 0 aliphatic carbocycles. The molecule has 0 fully saturated rings. The fourth-order valence-electron chi connectivity index (χ4n) is 1.04. The van der Waals surface area contributed by atoms with Crippen LogP contribution in [0.4, 0.5) is 14.5 Å². The smallest absolute Gasteiger partial charge is 0.354 e. The van der Waals surface area contributed by atoms with Crippen LogP contribution >= 0.6 is 15.9 Å². The zero-order valence-corrected chi connectivity index (χ0v) is 8.96. The number of hydrogen-bond acceptors (Lipinski definition) is 3. The summed E-state index contributed by atoms with van der Waals surface area (Å²) in [4.78, 5) is 14.1. The number of carboxylic acid groups (broad SMARTS) is 1. The van der Waals surface area contributed by atoms with Gasteiger partial charge in [-0.2, -0.15) is 0 Å². The minimum atomic E-state index is -2.84. The van der Waals surface area contributed by atoms with Crippen molar-refractivity contribution in [2.24, 2.45) is 0 Å². The van der Waals surface area contributed by atoms with E-state index >= 15 is 0 Å². The summed E-state index contributed by atoms with van der Waals surface area (Å²) in [5.74, 6) is -1.38. The van der Waals surface area contributed by atoms with Gasteiger partial charge in [0, 0.05) is 16.6 Å². The van der Waals surface area contributed by atoms with Crippen LogP contribution in [0.3, 0.4) is 0 Å². The first-order chi connectivity index (χ1) is 6.97. The van der Waals surface area contributed by atoms with Gasteiger partial charge in [0.1, 0.15) is 5.69 Å². The average Bonchev–Trinajstić information content (AvgIpc) is 2.16. The standard InChI is InChI=1S/C8H7BrF2N2O2/c9-2-3-4(12)1-5(7(10)11)13-6(3)8(14)15/h1,7H,2H2,(H2,12,13)(H,14,15). The predicted octanol–water partition coefficient (Wildman–Crippen LogP) is 2.19. The molecule has 1 aromatic rings. The molecule has 0 saturated heterocycles. The van der Waals surface area contributed by atoms with Gasteiger partial charge >= 0.3 is 5.97 Å². The average molecular weight is 281 g/mol. The SMILES string of the molecule is Nc1cc(C(F)F)nc(C(=O)O)c1CBr. The molecule has 0 radical (unpaired) electrons. The maximum atomic E-state index is 12.3. The quantitative estimate of drug-likeness (QED) is 0.833. The van der Waals surface area contributed by atoms with E-state index in [9.17, 15) is 13.6 Å². The van der Waals surface area contributed by atoms with Crippen molar-refractivity contribution in [3.8, 4) is 0 Å². The molecule has 0 bridgehead atoms. The van der Waals surface area contributed by atoms with E-state index in [1.165, 1.54) is 0 Å². The number of aromatic carboxylic acids is 1. The number of pyridine rings is 1. The van der Waals surface area contributed by atoms with E-state index in [1.54, 1.807) is 0 Å². The maximum absolute atomic E-state index is 12.3. The normalized spacial score (nSPS) is 10.7. The molecule has 1 rings (SSSR count). The minimum Gasteiger partial charge on any atom is -0.477 e. The molecule has 0 aliphatic rings. The Balaban J connectivity index is 3.38. The Morgan fingerprint density at radius 1 is 1.67 bits per heavy atom. The molecule has 1 heterocycles. The fraction of sp³-hybridized carbons (Fsp3) is 0.250. The van der Waals surface area contributed by atoms with Gasteiger partial charge in [0.05, 0.1) is 0 Å². The third-order valence-electron chi connectivity index (χ3n) is 1.74. The van der Waals surface area contributed by atoms with Crippen molar-refractivity contribution in [3.63, 3.8) is 0 Å². The lowest BCUT2D eigenvalue weighted by atomic mass is 10.1. The third-order valence-corrected chi connectivity index (χ3v) is 2.30. The number of hydrogen-bond donors (Lipinski definition) is 2. The first kappa shape index (κ1) is 11.8. The van der Waals surface area contributed by atoms with Crippen LogP contribution in [-0.4, -0.2) is 16.1 Å². The van der Waals surface area contributed by atoms with E-state index in [-0.39, 0.29) is 16.6 Å². The number of rotatable bonds is 3. The summed E-state index contributed by atoms with van der Waals surface area (Å²) in [5, 5.41) is 8.89. The lowest BCUT2D eigenvalue weighted by molar-refractivity contribution is 0.0688. The molecule has 15 heavy (non-hydrogen) atoms. The lowest BCUT2D eigenvalue weighted by Gasteiger charge is -2.08. The van der Waals surface area contributed by atoms with E-state index in [0.29, 0.717) is 0 Å². The maximum Gasteiger partial charge on any atom is 0.354 e. The molecule has 0 aliphatic heterocycles. The van der Waals surface area contributed by atoms with Crippen molar-refractivity contribution in [2.75, 3.05) is 5.73 Å². The number of carboxylic acids is 1. The lowest BCUT2D eigenvalue weighted by Crippen LogP contribution is -2.10. The van der Waals surface area contributed by atoms with Crippen LogP contribution in [0.2, 0.25) is 0 Å². The van der Waals surface area contributed by atoms with Crippen molar-refractivity contribution in [1.82, 2.24) is 4.98 Å². The summed E-state index contributed by atoms with van der Waals surface area (Å²) in [6.45, 7) is 0. The summed E-state index contributed by atoms with van der Waals surface area (Å²) in [6, 6.07) is 0.980. The van der Waals surface area contributed by atoms with Crippen LogP contribution in [0.1, 0.15) is 28.2 Å². The van der Waals surface area contributed by atoms with Crippen LogP contribution in [0.5, 0.6) is 0 Å². The van der Waals surface area contributed by atoms with Crippen LogP contribution < -0.4 is 5.73 Å². The molecule has 7 heteroatoms. The van der Waals surface area contributed by atoms with Gasteiger partial charge in [-0.15, -0.1) is 0 Å². The summed E-state index contributed by atoms with van der Waals surface area (Å²) < 4.78 is 24.6. The zero-order valence-electron chi connectivity index (χ0n) is 7.38. The van der Waals surface area contributed by atoms with Gasteiger partial charge in [0.15, 0.2) is 5.69 Å². The van der Waals surface area contributed by atoms with Crippen molar-refractivity contribution >= 4 is 27.6 Å². The molecule has 0 atom stereocenters. The summed E-state index contributed by atoms with van der Waals surface area (Å²) in [6.07, 6.45) is -2.84. The highest BCUT2D eigenvalue weighted by molar-refractivity contribution is 9.08. The Morgan fingerprint density at radius 3 is 2.67 bits per heavy atom. The summed E-state index contributed by atoms with van der Waals surface area (Å²) in [7, 11) is 0. The van der Waals surface area contributed by atoms with Crippen LogP contribution in [0.15, 0.2) is 6.07 Å². The van der Waals surface area contributed by atoms with Gasteiger partial charge in [-0.25, -0.2) is 18.6 Å². The van der Waals surface area contributed by atoms with Gasteiger partial charge in [0.25, 0.3) is 6.43 Å². The number of nitrogens with two attached hydrogens (primary N) is 1. The highest BCUT2D eigenvalue weighted by Gasteiger charge is 2.19. The second-order valence-electron chi connectivity index (χ2n) is 2.70. The van der Waals surface area contributed by atoms with Crippen LogP contribution in [-0.2, 0) is 5.33 Å². The monoisotopic (exact) mass is 280 g/mol. The number of halogens is 3. The molecule has 0 amide bonds. The van der Waals surface area contributed by atoms with Crippen molar-refractivity contribution < 1.29 is 18.7 Å². The largest absolute Gasteiger partial charge is 0.477 e. The second kappa shape index (κ2) is 4.52. The fourth-order valence-corrected chi connectivity index (χ4v) is 1.63. The molecule has 0 unspecified atom stereocenters. The van der Waals surface area contributed by atoms with Gasteiger partial charge in [-0.3, -0.25) is 0 Å². The van der Waals surface area contributed by atoms with E-state index in [2.05, 4.69) is 20.9 Å². The number of alkyl halides is 3. The first-order valence-electron chi connectivity index (χ1n) is 3.84. The molecular formula is C8H7BrF2N2O2. The number of anilines is 1. The van der Waals surface area contributed by atoms with Gasteiger partial charge < -0.3 is 10.8 Å². The highest BCUT2D eigenvalue weighted by Crippen LogP contribution is 2.25. The molecule has 0 spiro atoms.